The van der Waals surface area contributed by atoms with E-state index < -0.39 is 0 Å². The Morgan fingerprint density at radius 3 is 2.61 bits per heavy atom. The van der Waals surface area contributed by atoms with Crippen LogP contribution in [-0.4, -0.2) is 7.11 Å². The second-order valence-electron chi connectivity index (χ2n) is 4.99. The fourth-order valence-corrected chi connectivity index (χ4v) is 2.87. The summed E-state index contributed by atoms with van der Waals surface area (Å²) in [5.41, 5.74) is 4.41. The maximum Gasteiger partial charge on any atom is 0.119 e. The van der Waals surface area contributed by atoms with Gasteiger partial charge in [-0.3, -0.25) is 0 Å². The van der Waals surface area contributed by atoms with Gasteiger partial charge in [0.05, 0.1) is 7.11 Å². The van der Waals surface area contributed by atoms with E-state index >= 15 is 0 Å². The van der Waals surface area contributed by atoms with Gasteiger partial charge in [0, 0.05) is 0 Å². The second kappa shape index (κ2) is 4.85. The third-order valence-corrected chi connectivity index (χ3v) is 3.91. The topological polar surface area (TPSA) is 9.23 Å². The minimum Gasteiger partial charge on any atom is -0.497 e. The van der Waals surface area contributed by atoms with E-state index in [0.717, 1.165) is 12.2 Å². The van der Waals surface area contributed by atoms with Gasteiger partial charge in [0.2, 0.25) is 0 Å². The standard InChI is InChI=1S/C17H18O/c1-18-17-10-9-14-7-8-15(11-16(14)12-17)13-5-3-2-4-6-13/h2-6,9-10,12,15H,7-8,11H2,1H3. The molecule has 0 fully saturated rings. The third kappa shape index (κ3) is 2.13. The van der Waals surface area contributed by atoms with E-state index in [1.807, 2.05) is 0 Å². The summed E-state index contributed by atoms with van der Waals surface area (Å²) in [5, 5.41) is 0. The third-order valence-electron chi connectivity index (χ3n) is 3.91. The molecule has 0 amide bonds. The zero-order chi connectivity index (χ0) is 12.4. The largest absolute Gasteiger partial charge is 0.497 e. The molecule has 1 aliphatic rings. The summed E-state index contributed by atoms with van der Waals surface area (Å²) in [6, 6.07) is 17.3. The van der Waals surface area contributed by atoms with Gasteiger partial charge in [0.15, 0.2) is 0 Å². The summed E-state index contributed by atoms with van der Waals surface area (Å²) < 4.78 is 5.32. The van der Waals surface area contributed by atoms with Crippen LogP contribution in [0.3, 0.4) is 0 Å². The van der Waals surface area contributed by atoms with Crippen LogP contribution in [0.2, 0.25) is 0 Å². The highest BCUT2D eigenvalue weighted by atomic mass is 16.5. The average molecular weight is 238 g/mol. The Bertz CT molecular complexity index is 531. The molecule has 0 heterocycles. The van der Waals surface area contributed by atoms with Crippen LogP contribution >= 0.6 is 0 Å². The molecule has 92 valence electrons. The summed E-state index contributed by atoms with van der Waals surface area (Å²) in [6.07, 6.45) is 3.57. The fourth-order valence-electron chi connectivity index (χ4n) is 2.87. The first kappa shape index (κ1) is 11.3. The lowest BCUT2D eigenvalue weighted by Crippen LogP contribution is -2.12. The van der Waals surface area contributed by atoms with E-state index in [-0.39, 0.29) is 0 Å². The molecule has 0 bridgehead atoms. The molecule has 0 radical (unpaired) electrons. The lowest BCUT2D eigenvalue weighted by molar-refractivity contribution is 0.413. The molecule has 3 rings (SSSR count). The first-order chi connectivity index (χ1) is 8.86. The van der Waals surface area contributed by atoms with Gasteiger partial charge in [-0.15, -0.1) is 0 Å². The normalized spacial score (nSPS) is 18.2. The van der Waals surface area contributed by atoms with Crippen molar-refractivity contribution in [2.45, 2.75) is 25.2 Å². The van der Waals surface area contributed by atoms with Crippen molar-refractivity contribution in [1.82, 2.24) is 0 Å². The second-order valence-corrected chi connectivity index (χ2v) is 4.99. The molecule has 1 aliphatic carbocycles. The van der Waals surface area contributed by atoms with Gasteiger partial charge in [-0.25, -0.2) is 0 Å². The van der Waals surface area contributed by atoms with Crippen molar-refractivity contribution in [1.29, 1.82) is 0 Å². The van der Waals surface area contributed by atoms with E-state index in [4.69, 9.17) is 4.74 Å². The fraction of sp³-hybridized carbons (Fsp3) is 0.294. The van der Waals surface area contributed by atoms with Crippen LogP contribution in [0.25, 0.3) is 0 Å². The SMILES string of the molecule is COc1ccc2c(c1)CC(c1ccccc1)CC2. The number of hydrogen-bond acceptors (Lipinski definition) is 1. The maximum atomic E-state index is 5.32. The van der Waals surface area contributed by atoms with Gasteiger partial charge in [-0.05, 0) is 54.0 Å². The van der Waals surface area contributed by atoms with Crippen LogP contribution in [0, 0.1) is 0 Å². The molecular formula is C17H18O. The summed E-state index contributed by atoms with van der Waals surface area (Å²) in [5.74, 6) is 1.63. The molecule has 0 saturated carbocycles. The van der Waals surface area contributed by atoms with E-state index in [9.17, 15) is 0 Å². The van der Waals surface area contributed by atoms with Crippen molar-refractivity contribution in [3.05, 3.63) is 65.2 Å². The van der Waals surface area contributed by atoms with E-state index in [0.29, 0.717) is 5.92 Å². The molecule has 1 nitrogen and oxygen atoms in total. The number of aryl methyl sites for hydroxylation is 1. The highest BCUT2D eigenvalue weighted by Gasteiger charge is 2.20. The average Bonchev–Trinajstić information content (AvgIpc) is 2.47. The van der Waals surface area contributed by atoms with Gasteiger partial charge in [-0.2, -0.15) is 0 Å². The smallest absolute Gasteiger partial charge is 0.119 e. The van der Waals surface area contributed by atoms with Crippen molar-refractivity contribution < 1.29 is 4.74 Å². The van der Waals surface area contributed by atoms with Gasteiger partial charge < -0.3 is 4.74 Å². The monoisotopic (exact) mass is 238 g/mol. The number of ether oxygens (including phenoxy) is 1. The van der Waals surface area contributed by atoms with Crippen molar-refractivity contribution >= 4 is 0 Å². The molecule has 0 spiro atoms. The zero-order valence-electron chi connectivity index (χ0n) is 10.7. The molecule has 2 aromatic rings. The number of fused-ring (bicyclic) bond motifs is 1. The molecule has 0 saturated heterocycles. The molecule has 0 aliphatic heterocycles. The van der Waals surface area contributed by atoms with Gasteiger partial charge in [0.1, 0.15) is 5.75 Å². The number of benzene rings is 2. The molecule has 18 heavy (non-hydrogen) atoms. The van der Waals surface area contributed by atoms with Gasteiger partial charge >= 0.3 is 0 Å². The Morgan fingerprint density at radius 1 is 1.00 bits per heavy atom. The first-order valence-corrected chi connectivity index (χ1v) is 6.57. The Morgan fingerprint density at radius 2 is 1.83 bits per heavy atom. The Labute approximate surface area is 108 Å². The summed E-state index contributed by atoms with van der Waals surface area (Å²) in [6.45, 7) is 0. The number of rotatable bonds is 2. The molecule has 2 aromatic carbocycles. The predicted molar refractivity (Wildman–Crippen MR) is 74.2 cm³/mol. The zero-order valence-corrected chi connectivity index (χ0v) is 10.7. The lowest BCUT2D eigenvalue weighted by Gasteiger charge is -2.25. The quantitative estimate of drug-likeness (QED) is 0.769. The molecule has 1 unspecified atom stereocenters. The molecule has 0 N–H and O–H groups in total. The molecular weight excluding hydrogens is 220 g/mol. The van der Waals surface area contributed by atoms with Crippen LogP contribution in [0.1, 0.15) is 29.0 Å². The van der Waals surface area contributed by atoms with Crippen molar-refractivity contribution in [3.63, 3.8) is 0 Å². The van der Waals surface area contributed by atoms with Gasteiger partial charge in [0.25, 0.3) is 0 Å². The Kier molecular flexibility index (Phi) is 3.06. The first-order valence-electron chi connectivity index (χ1n) is 6.57. The van der Waals surface area contributed by atoms with Crippen LogP contribution < -0.4 is 4.74 Å². The minimum absolute atomic E-state index is 0.658. The summed E-state index contributed by atoms with van der Waals surface area (Å²) in [7, 11) is 1.74. The van der Waals surface area contributed by atoms with Gasteiger partial charge in [-0.1, -0.05) is 36.4 Å². The molecule has 1 heteroatoms. The van der Waals surface area contributed by atoms with E-state index in [1.54, 1.807) is 7.11 Å². The molecule has 0 aromatic heterocycles. The van der Waals surface area contributed by atoms with Crippen molar-refractivity contribution in [3.8, 4) is 5.75 Å². The van der Waals surface area contributed by atoms with Crippen LogP contribution in [0.4, 0.5) is 0 Å². The van der Waals surface area contributed by atoms with Crippen LogP contribution in [-0.2, 0) is 12.8 Å². The highest BCUT2D eigenvalue weighted by molar-refractivity contribution is 5.39. The Balaban J connectivity index is 1.88. The molecule has 1 atom stereocenters. The summed E-state index contributed by atoms with van der Waals surface area (Å²) >= 11 is 0. The van der Waals surface area contributed by atoms with E-state index in [2.05, 4.69) is 48.5 Å². The lowest BCUT2D eigenvalue weighted by atomic mass is 9.80. The highest BCUT2D eigenvalue weighted by Crippen LogP contribution is 2.34. The Hall–Kier alpha value is -1.76. The summed E-state index contributed by atoms with van der Waals surface area (Å²) in [4.78, 5) is 0. The van der Waals surface area contributed by atoms with E-state index in [1.165, 1.54) is 29.5 Å². The van der Waals surface area contributed by atoms with Crippen LogP contribution in [0.15, 0.2) is 48.5 Å². The predicted octanol–water partition coefficient (Wildman–Crippen LogP) is 3.97. The van der Waals surface area contributed by atoms with Crippen molar-refractivity contribution in [2.75, 3.05) is 7.11 Å². The minimum atomic E-state index is 0.658. The van der Waals surface area contributed by atoms with Crippen molar-refractivity contribution in [2.24, 2.45) is 0 Å². The number of methoxy groups -OCH3 is 1. The maximum absolute atomic E-state index is 5.32. The van der Waals surface area contributed by atoms with Crippen LogP contribution in [0.5, 0.6) is 5.75 Å². The number of hydrogen-bond donors (Lipinski definition) is 0.